The third-order valence-electron chi connectivity index (χ3n) is 5.85. The molecular formula is C25H29ClN6O7S. The first-order chi connectivity index (χ1) is 19.3. The number of hydrogen-bond acceptors (Lipinski definition) is 11. The molecule has 1 saturated heterocycles. The molecule has 0 spiro atoms. The summed E-state index contributed by atoms with van der Waals surface area (Å²) in [6, 6.07) is 3.37. The fourth-order valence-electron chi connectivity index (χ4n) is 3.94. The van der Waals surface area contributed by atoms with E-state index in [1.165, 1.54) is 31.3 Å². The molecule has 40 heavy (non-hydrogen) atoms. The maximum atomic E-state index is 13.4. The number of hydrogen-bond donors (Lipinski definition) is 2. The van der Waals surface area contributed by atoms with Gasteiger partial charge in [0, 0.05) is 29.4 Å². The van der Waals surface area contributed by atoms with Gasteiger partial charge in [0.05, 0.1) is 26.0 Å². The van der Waals surface area contributed by atoms with E-state index in [-0.39, 0.29) is 39.9 Å². The molecule has 1 aliphatic rings. The number of aryl methyl sites for hydroxylation is 1. The molecule has 2 N–H and O–H groups in total. The molecule has 0 radical (unpaired) electrons. The highest BCUT2D eigenvalue weighted by Crippen LogP contribution is 2.34. The summed E-state index contributed by atoms with van der Waals surface area (Å²) >= 11 is 7.18. The number of carboxylic acid groups (broad SMARTS) is 1. The number of methoxy groups -OCH3 is 2. The maximum absolute atomic E-state index is 13.4. The van der Waals surface area contributed by atoms with Gasteiger partial charge in [-0.05, 0) is 62.2 Å². The topological polar surface area (TPSA) is 167 Å². The second kappa shape index (κ2) is 15.1. The molecule has 0 aromatic carbocycles. The summed E-state index contributed by atoms with van der Waals surface area (Å²) in [4.78, 5) is 46.9. The van der Waals surface area contributed by atoms with Gasteiger partial charge in [0.25, 0.3) is 17.6 Å². The van der Waals surface area contributed by atoms with Gasteiger partial charge < -0.3 is 24.6 Å². The summed E-state index contributed by atoms with van der Waals surface area (Å²) in [5, 5.41) is 14.9. The van der Waals surface area contributed by atoms with E-state index in [1.54, 1.807) is 12.1 Å². The third kappa shape index (κ3) is 8.31. The van der Waals surface area contributed by atoms with Crippen LogP contribution in [0.15, 0.2) is 29.5 Å². The second-order valence-corrected chi connectivity index (χ2v) is 9.80. The van der Waals surface area contributed by atoms with Crippen molar-refractivity contribution in [1.82, 2.24) is 25.1 Å². The molecule has 0 aliphatic carbocycles. The Bertz CT molecular complexity index is 1400. The van der Waals surface area contributed by atoms with Crippen LogP contribution in [0.2, 0.25) is 5.15 Å². The molecule has 3 aromatic heterocycles. The predicted octanol–water partition coefficient (Wildman–Crippen LogP) is 2.71. The van der Waals surface area contributed by atoms with Crippen LogP contribution in [0.5, 0.6) is 10.9 Å². The predicted molar refractivity (Wildman–Crippen MR) is 145 cm³/mol. The Morgan fingerprint density at radius 2 is 1.93 bits per heavy atom. The highest BCUT2D eigenvalue weighted by atomic mass is 35.5. The first-order valence-corrected chi connectivity index (χ1v) is 13.3. The van der Waals surface area contributed by atoms with Crippen molar-refractivity contribution in [3.05, 3.63) is 45.7 Å². The summed E-state index contributed by atoms with van der Waals surface area (Å²) in [6.45, 7) is 3.16. The minimum atomic E-state index is -0.571. The van der Waals surface area contributed by atoms with Gasteiger partial charge in [-0.1, -0.05) is 11.6 Å². The lowest BCUT2D eigenvalue weighted by atomic mass is 9.95. The Morgan fingerprint density at radius 1 is 1.20 bits per heavy atom. The zero-order chi connectivity index (χ0) is 29.1. The third-order valence-corrected chi connectivity index (χ3v) is 6.96. The van der Waals surface area contributed by atoms with E-state index < -0.39 is 5.91 Å². The molecule has 0 atom stereocenters. The normalized spacial score (nSPS) is 13.7. The van der Waals surface area contributed by atoms with Gasteiger partial charge >= 0.3 is 5.97 Å². The number of ether oxygens (including phenoxy) is 3. The number of aromatic nitrogens is 4. The van der Waals surface area contributed by atoms with E-state index in [0.29, 0.717) is 34.9 Å². The van der Waals surface area contributed by atoms with Gasteiger partial charge in [-0.2, -0.15) is 9.67 Å². The Hall–Kier alpha value is -3.88. The quantitative estimate of drug-likeness (QED) is 0.224. The molecule has 0 saturated carbocycles. The van der Waals surface area contributed by atoms with Crippen LogP contribution in [0.3, 0.4) is 0 Å². The first kappa shape index (κ1) is 30.7. The lowest BCUT2D eigenvalue weighted by Gasteiger charge is -2.21. The standard InChI is InChI=1S/C24H27ClN6O5S.CH2O2/c1-14-8-16(17-10-20(25)28-12-19(17)34-2)18(11-27-14)22(33)29-23-31(30-24(35-3)37-23)13-36-21(32)9-15-4-6-26-7-5-15;2-1-3/h8,10-12,15,26H,4-7,9,13H2,1-3H3;1H,(H,2,3). The van der Waals surface area contributed by atoms with Crippen molar-refractivity contribution >= 4 is 41.3 Å². The minimum absolute atomic E-state index is 0.192. The van der Waals surface area contributed by atoms with Crippen molar-refractivity contribution in [3.63, 3.8) is 0 Å². The summed E-state index contributed by atoms with van der Waals surface area (Å²) in [6.07, 6.45) is 5.14. The Balaban J connectivity index is 0.00000141. The van der Waals surface area contributed by atoms with Gasteiger partial charge in [-0.15, -0.1) is 5.10 Å². The highest BCUT2D eigenvalue weighted by molar-refractivity contribution is 7.10. The molecule has 3 aromatic rings. The number of amides is 1. The van der Waals surface area contributed by atoms with Crippen LogP contribution in [0.1, 0.15) is 35.3 Å². The molecule has 214 valence electrons. The van der Waals surface area contributed by atoms with Crippen molar-refractivity contribution in [2.24, 2.45) is 10.9 Å². The van der Waals surface area contributed by atoms with Crippen molar-refractivity contribution in [2.75, 3.05) is 27.3 Å². The molecule has 0 bridgehead atoms. The summed E-state index contributed by atoms with van der Waals surface area (Å²) < 4.78 is 17.4. The summed E-state index contributed by atoms with van der Waals surface area (Å²) in [7, 11) is 2.96. The molecular weight excluding hydrogens is 564 g/mol. The van der Waals surface area contributed by atoms with E-state index in [2.05, 4.69) is 25.4 Å². The van der Waals surface area contributed by atoms with E-state index in [4.69, 9.17) is 35.7 Å². The van der Waals surface area contributed by atoms with Crippen LogP contribution in [0.25, 0.3) is 11.1 Å². The number of carbonyl (C=O) groups is 3. The molecule has 4 rings (SSSR count). The van der Waals surface area contributed by atoms with Crippen molar-refractivity contribution in [3.8, 4) is 22.1 Å². The van der Waals surface area contributed by atoms with Crippen LogP contribution >= 0.6 is 22.9 Å². The summed E-state index contributed by atoms with van der Waals surface area (Å²) in [5.74, 6) is -0.159. The fraction of sp³-hybridized carbons (Fsp3) is 0.400. The van der Waals surface area contributed by atoms with E-state index in [9.17, 15) is 9.59 Å². The molecule has 1 fully saturated rings. The van der Waals surface area contributed by atoms with Gasteiger partial charge in [0.1, 0.15) is 10.9 Å². The number of piperidine rings is 1. The zero-order valence-electron chi connectivity index (χ0n) is 22.1. The van der Waals surface area contributed by atoms with Crippen molar-refractivity contribution in [2.45, 2.75) is 32.9 Å². The number of rotatable bonds is 8. The van der Waals surface area contributed by atoms with Gasteiger partial charge in [0.15, 0.2) is 6.73 Å². The Morgan fingerprint density at radius 3 is 2.60 bits per heavy atom. The maximum Gasteiger partial charge on any atom is 0.307 e. The smallest absolute Gasteiger partial charge is 0.307 e. The molecule has 1 amide bonds. The largest absolute Gasteiger partial charge is 0.494 e. The number of nitrogens with zero attached hydrogens (tertiary/aromatic N) is 5. The number of pyridine rings is 2. The average molecular weight is 593 g/mol. The number of esters is 1. The van der Waals surface area contributed by atoms with Crippen LogP contribution < -0.4 is 19.6 Å². The van der Waals surface area contributed by atoms with Crippen LogP contribution in [-0.2, 0) is 21.1 Å². The summed E-state index contributed by atoms with van der Waals surface area (Å²) in [5.41, 5.74) is 2.04. The number of nitrogens with one attached hydrogen (secondary N) is 1. The lowest BCUT2D eigenvalue weighted by molar-refractivity contribution is -0.149. The van der Waals surface area contributed by atoms with E-state index in [0.717, 1.165) is 37.3 Å². The number of halogens is 1. The molecule has 4 heterocycles. The molecule has 15 heteroatoms. The first-order valence-electron chi connectivity index (χ1n) is 12.1. The Kier molecular flexibility index (Phi) is 11.5. The van der Waals surface area contributed by atoms with Crippen LogP contribution in [0.4, 0.5) is 0 Å². The molecule has 1 aliphatic heterocycles. The molecule has 0 unspecified atom stereocenters. The Labute approximate surface area is 238 Å². The lowest BCUT2D eigenvalue weighted by Crippen LogP contribution is -2.29. The SMILES string of the molecule is COc1nn(COC(=O)CC2CCNCC2)c(=NC(=O)c2cnc(C)cc2-c2cc(Cl)ncc2OC)s1.O=CO. The van der Waals surface area contributed by atoms with E-state index >= 15 is 0 Å². The monoisotopic (exact) mass is 592 g/mol. The van der Waals surface area contributed by atoms with Gasteiger partial charge in [-0.3, -0.25) is 19.4 Å². The molecule has 13 nitrogen and oxygen atoms in total. The average Bonchev–Trinajstić information content (AvgIpc) is 3.34. The van der Waals surface area contributed by atoms with Gasteiger partial charge in [0.2, 0.25) is 4.80 Å². The number of carbonyl (C=O) groups excluding carboxylic acids is 2. The van der Waals surface area contributed by atoms with Crippen molar-refractivity contribution in [1.29, 1.82) is 0 Å². The van der Waals surface area contributed by atoms with E-state index in [1.807, 2.05) is 6.92 Å². The van der Waals surface area contributed by atoms with Gasteiger partial charge in [-0.25, -0.2) is 4.98 Å². The fourth-order valence-corrected chi connectivity index (χ4v) is 4.81. The second-order valence-electron chi connectivity index (χ2n) is 8.50. The van der Waals surface area contributed by atoms with Crippen molar-refractivity contribution < 1.29 is 33.7 Å². The van der Waals surface area contributed by atoms with Crippen LogP contribution in [-0.4, -0.2) is 70.5 Å². The zero-order valence-corrected chi connectivity index (χ0v) is 23.7. The minimum Gasteiger partial charge on any atom is -0.494 e. The van der Waals surface area contributed by atoms with Crippen LogP contribution in [0, 0.1) is 12.8 Å². The highest BCUT2D eigenvalue weighted by Gasteiger charge is 2.20.